The number of nitrogens with one attached hydrogen (secondary N) is 1. The van der Waals surface area contributed by atoms with Crippen LogP contribution in [0.1, 0.15) is 10.4 Å². The molecule has 0 spiro atoms. The molecular formula is C28H28FN3O6S. The fraction of sp³-hybridized carbons (Fsp3) is 0.286. The molecule has 9 nitrogen and oxygen atoms in total. The minimum absolute atomic E-state index is 0.218. The van der Waals surface area contributed by atoms with Crippen LogP contribution < -0.4 is 10.5 Å². The van der Waals surface area contributed by atoms with Gasteiger partial charge in [0.25, 0.3) is 0 Å². The van der Waals surface area contributed by atoms with E-state index in [-0.39, 0.29) is 24.5 Å². The maximum atomic E-state index is 14.9. The van der Waals surface area contributed by atoms with E-state index in [0.29, 0.717) is 34.6 Å². The first-order valence-corrected chi connectivity index (χ1v) is 14.2. The Labute approximate surface area is 226 Å². The lowest BCUT2D eigenvalue weighted by molar-refractivity contribution is 0.00794. The second-order valence-corrected chi connectivity index (χ2v) is 10.9. The molecule has 4 N–H and O–H groups in total. The third kappa shape index (κ3) is 5.86. The van der Waals surface area contributed by atoms with Crippen molar-refractivity contribution in [3.63, 3.8) is 0 Å². The van der Waals surface area contributed by atoms with Gasteiger partial charge in [0.1, 0.15) is 24.0 Å². The highest BCUT2D eigenvalue weighted by atomic mass is 32.2. The van der Waals surface area contributed by atoms with Crippen LogP contribution in [0.3, 0.4) is 0 Å². The number of ether oxygens (including phenoxy) is 3. The van der Waals surface area contributed by atoms with Gasteiger partial charge in [0.05, 0.1) is 24.2 Å². The minimum atomic E-state index is -0.657. The van der Waals surface area contributed by atoms with Crippen molar-refractivity contribution >= 4 is 27.7 Å². The summed E-state index contributed by atoms with van der Waals surface area (Å²) in [6.07, 6.45) is 1.51. The highest BCUT2D eigenvalue weighted by molar-refractivity contribution is 7.83. The molecular weight excluding hydrogens is 525 g/mol. The summed E-state index contributed by atoms with van der Waals surface area (Å²) in [6.45, 7) is 0.516. The highest BCUT2D eigenvalue weighted by Crippen LogP contribution is 2.32. The largest absolute Gasteiger partial charge is 0.470 e. The Kier molecular flexibility index (Phi) is 7.76. The van der Waals surface area contributed by atoms with Gasteiger partial charge < -0.3 is 30.0 Å². The van der Waals surface area contributed by atoms with Gasteiger partial charge in [-0.05, 0) is 23.3 Å². The highest BCUT2D eigenvalue weighted by Gasteiger charge is 2.48. The molecule has 0 aliphatic carbocycles. The number of benzene rings is 2. The number of aliphatic hydroxyl groups excluding tert-OH is 1. The van der Waals surface area contributed by atoms with Gasteiger partial charge >= 0.3 is 0 Å². The van der Waals surface area contributed by atoms with Gasteiger partial charge in [-0.2, -0.15) is 0 Å². The summed E-state index contributed by atoms with van der Waals surface area (Å²) in [7, 11) is -0.611. The summed E-state index contributed by atoms with van der Waals surface area (Å²) in [6, 6.07) is 17.4. The maximum Gasteiger partial charge on any atom is 0.248 e. The Morgan fingerprint density at radius 2 is 1.62 bits per heavy atom. The second kappa shape index (κ2) is 11.2. The lowest BCUT2D eigenvalue weighted by atomic mass is 10.0. The standard InChI is InChI=1S/C26H22FN3O5.C2H6OS/c27-17-9-18-19(10-22(29-18)35-21-12-34-24-20(31)11-33-25(21)24)30-23(17)15-5-1-13(2-6-15)14-3-7-16(8-4-14)26(28)32;1-4(2)3/h1-10,20-21,24-25,29,31H,11-12H2,(H2,28,32);1-2H3/t20-,21-,24?,25-;/m1./s1. The van der Waals surface area contributed by atoms with E-state index in [1.165, 1.54) is 6.07 Å². The molecule has 2 saturated heterocycles. The van der Waals surface area contributed by atoms with Gasteiger partial charge in [-0.25, -0.2) is 9.37 Å². The third-order valence-corrected chi connectivity index (χ3v) is 6.45. The Morgan fingerprint density at radius 3 is 2.26 bits per heavy atom. The van der Waals surface area contributed by atoms with Crippen LogP contribution in [0.2, 0.25) is 0 Å². The number of carbonyl (C=O) groups is 1. The predicted molar refractivity (Wildman–Crippen MR) is 145 cm³/mol. The first-order valence-electron chi connectivity index (χ1n) is 12.2. The molecule has 2 aliphatic rings. The average molecular weight is 554 g/mol. The number of amides is 1. The summed E-state index contributed by atoms with van der Waals surface area (Å²) >= 11 is 0. The Bertz CT molecular complexity index is 1500. The van der Waals surface area contributed by atoms with Gasteiger partial charge in [-0.3, -0.25) is 9.00 Å². The molecule has 1 amide bonds. The van der Waals surface area contributed by atoms with Crippen molar-refractivity contribution in [3.8, 4) is 28.3 Å². The van der Waals surface area contributed by atoms with E-state index in [1.54, 1.807) is 42.8 Å². The molecule has 2 fully saturated rings. The van der Waals surface area contributed by atoms with E-state index in [2.05, 4.69) is 9.97 Å². The molecule has 204 valence electrons. The van der Waals surface area contributed by atoms with Gasteiger partial charge in [0.15, 0.2) is 17.8 Å². The number of aliphatic hydroxyl groups is 1. The summed E-state index contributed by atoms with van der Waals surface area (Å²) in [5, 5.41) is 9.90. The number of nitrogens with zero attached hydrogens (tertiary/aromatic N) is 1. The lowest BCUT2D eigenvalue weighted by Crippen LogP contribution is -2.34. The minimum Gasteiger partial charge on any atom is -0.470 e. The Morgan fingerprint density at radius 1 is 1.03 bits per heavy atom. The number of hydrogen-bond donors (Lipinski definition) is 3. The first kappa shape index (κ1) is 26.9. The van der Waals surface area contributed by atoms with Crippen molar-refractivity contribution in [1.82, 2.24) is 9.97 Å². The first-order chi connectivity index (χ1) is 18.7. The van der Waals surface area contributed by atoms with Crippen molar-refractivity contribution in [3.05, 3.63) is 72.0 Å². The van der Waals surface area contributed by atoms with Crippen molar-refractivity contribution in [2.45, 2.75) is 24.4 Å². The number of nitrogens with two attached hydrogens (primary N) is 1. The predicted octanol–water partition coefficient (Wildman–Crippen LogP) is 3.04. The van der Waals surface area contributed by atoms with E-state index < -0.39 is 34.7 Å². The smallest absolute Gasteiger partial charge is 0.248 e. The van der Waals surface area contributed by atoms with Gasteiger partial charge in [0.2, 0.25) is 5.91 Å². The quantitative estimate of drug-likeness (QED) is 0.346. The van der Waals surface area contributed by atoms with E-state index in [1.807, 2.05) is 24.3 Å². The van der Waals surface area contributed by atoms with Gasteiger partial charge in [0, 0.05) is 46.6 Å². The molecule has 2 aromatic carbocycles. The number of hydrogen-bond acceptors (Lipinski definition) is 7. The molecule has 6 rings (SSSR count). The van der Waals surface area contributed by atoms with Gasteiger partial charge in [-0.15, -0.1) is 0 Å². The normalized spacial score (nSPS) is 22.0. The molecule has 0 radical (unpaired) electrons. The Balaban J connectivity index is 0.000000723. The fourth-order valence-electron chi connectivity index (χ4n) is 4.63. The number of fused-ring (bicyclic) bond motifs is 2. The van der Waals surface area contributed by atoms with E-state index in [0.717, 1.165) is 11.1 Å². The molecule has 2 aromatic heterocycles. The van der Waals surface area contributed by atoms with Crippen LogP contribution in [-0.2, 0) is 20.3 Å². The fourth-order valence-corrected chi connectivity index (χ4v) is 4.63. The summed E-state index contributed by atoms with van der Waals surface area (Å²) in [4.78, 5) is 18.8. The van der Waals surface area contributed by atoms with Crippen LogP contribution in [0.25, 0.3) is 33.4 Å². The molecule has 1 unspecified atom stereocenters. The monoisotopic (exact) mass is 553 g/mol. The third-order valence-electron chi connectivity index (χ3n) is 6.45. The zero-order valence-corrected chi connectivity index (χ0v) is 22.1. The molecule has 4 atom stereocenters. The topological polar surface area (TPSA) is 137 Å². The Hall–Kier alpha value is -3.64. The van der Waals surface area contributed by atoms with E-state index >= 15 is 0 Å². The number of H-pyrrole nitrogens is 1. The summed E-state index contributed by atoms with van der Waals surface area (Å²) in [5.41, 5.74) is 9.49. The number of aromatic amines is 1. The van der Waals surface area contributed by atoms with Crippen molar-refractivity contribution < 1.29 is 32.7 Å². The van der Waals surface area contributed by atoms with E-state index in [9.17, 15) is 18.5 Å². The maximum absolute atomic E-state index is 14.9. The SMILES string of the molecule is CS(C)=O.NC(=O)c1ccc(-c2ccc(-c3nc4cc(O[C@@H]5COC6[C@H](O)CO[C@@H]65)[nH]c4cc3F)cc2)cc1. The number of aromatic nitrogens is 2. The zero-order valence-electron chi connectivity index (χ0n) is 21.3. The summed E-state index contributed by atoms with van der Waals surface area (Å²) in [5.74, 6) is -0.511. The van der Waals surface area contributed by atoms with E-state index in [4.69, 9.17) is 19.9 Å². The van der Waals surface area contributed by atoms with Gasteiger partial charge in [-0.1, -0.05) is 36.4 Å². The number of rotatable bonds is 5. The number of primary amides is 1. The van der Waals surface area contributed by atoms with Crippen molar-refractivity contribution in [1.29, 1.82) is 0 Å². The van der Waals surface area contributed by atoms with Crippen LogP contribution in [0.5, 0.6) is 5.88 Å². The molecule has 0 bridgehead atoms. The molecule has 2 aliphatic heterocycles. The average Bonchev–Trinajstić information content (AvgIpc) is 3.60. The summed E-state index contributed by atoms with van der Waals surface area (Å²) < 4.78 is 41.7. The number of pyridine rings is 1. The van der Waals surface area contributed by atoms with Crippen LogP contribution in [0, 0.1) is 5.82 Å². The van der Waals surface area contributed by atoms with Crippen molar-refractivity contribution in [2.75, 3.05) is 25.7 Å². The molecule has 4 aromatic rings. The molecule has 39 heavy (non-hydrogen) atoms. The lowest BCUT2D eigenvalue weighted by Gasteiger charge is -2.16. The van der Waals surface area contributed by atoms with Crippen LogP contribution in [0.4, 0.5) is 4.39 Å². The van der Waals surface area contributed by atoms with Crippen molar-refractivity contribution in [2.24, 2.45) is 5.73 Å². The van der Waals surface area contributed by atoms with Crippen LogP contribution >= 0.6 is 0 Å². The van der Waals surface area contributed by atoms with Crippen LogP contribution in [-0.4, -0.2) is 75.3 Å². The zero-order chi connectivity index (χ0) is 27.7. The molecule has 4 heterocycles. The number of carbonyl (C=O) groups excluding carboxylic acids is 1. The molecule has 0 saturated carbocycles. The second-order valence-electron chi connectivity index (χ2n) is 9.47. The molecule has 11 heteroatoms. The van der Waals surface area contributed by atoms with Crippen LogP contribution in [0.15, 0.2) is 60.7 Å². The number of halogens is 1.